The molecule has 90 valence electrons. The van der Waals surface area contributed by atoms with Crippen molar-refractivity contribution in [2.75, 3.05) is 14.2 Å². The molecule has 0 heterocycles. The normalized spacial score (nSPS) is 10.7. The van der Waals surface area contributed by atoms with Crippen molar-refractivity contribution in [3.8, 4) is 11.5 Å². The van der Waals surface area contributed by atoms with Crippen LogP contribution in [0.4, 0.5) is 0 Å². The fraction of sp³-hybridized carbons (Fsp3) is 0.500. The first kappa shape index (κ1) is 13.3. The molecule has 0 atom stereocenters. The molecule has 0 amide bonds. The van der Waals surface area contributed by atoms with Gasteiger partial charge >= 0.3 is 0 Å². The van der Waals surface area contributed by atoms with Crippen LogP contribution in [0.25, 0.3) is 0 Å². The van der Waals surface area contributed by atoms with E-state index in [0.717, 1.165) is 15.6 Å². The molecule has 0 bridgehead atoms. The van der Waals surface area contributed by atoms with E-state index in [-0.39, 0.29) is 12.5 Å². The number of halogens is 1. The van der Waals surface area contributed by atoms with E-state index in [9.17, 15) is 5.11 Å². The van der Waals surface area contributed by atoms with Gasteiger partial charge in [-0.3, -0.25) is 0 Å². The van der Waals surface area contributed by atoms with E-state index in [2.05, 4.69) is 29.8 Å². The first-order valence-corrected chi connectivity index (χ1v) is 5.90. The number of hydrogen-bond donors (Lipinski definition) is 1. The molecule has 0 saturated carbocycles. The van der Waals surface area contributed by atoms with Crippen LogP contribution in [-0.2, 0) is 6.61 Å². The Bertz CT molecular complexity index is 375. The second-order valence-corrected chi connectivity index (χ2v) is 4.66. The fourth-order valence-corrected chi connectivity index (χ4v) is 2.45. The summed E-state index contributed by atoms with van der Waals surface area (Å²) in [6.07, 6.45) is 0. The summed E-state index contributed by atoms with van der Waals surface area (Å²) >= 11 is 3.41. The van der Waals surface area contributed by atoms with Crippen LogP contribution in [-0.4, -0.2) is 19.3 Å². The Balaban J connectivity index is 3.52. The minimum absolute atomic E-state index is 0.00747. The molecule has 4 heteroatoms. The zero-order valence-electron chi connectivity index (χ0n) is 10.0. The number of aliphatic hydroxyl groups excluding tert-OH is 1. The third kappa shape index (κ3) is 2.33. The molecule has 3 nitrogen and oxygen atoms in total. The van der Waals surface area contributed by atoms with Gasteiger partial charge in [0.1, 0.15) is 0 Å². The second kappa shape index (κ2) is 5.55. The van der Waals surface area contributed by atoms with E-state index >= 15 is 0 Å². The number of rotatable bonds is 4. The van der Waals surface area contributed by atoms with Crippen LogP contribution >= 0.6 is 15.9 Å². The number of hydrogen-bond acceptors (Lipinski definition) is 3. The van der Waals surface area contributed by atoms with Crippen LogP contribution in [0.5, 0.6) is 11.5 Å². The van der Waals surface area contributed by atoms with Crippen LogP contribution in [0.2, 0.25) is 0 Å². The molecular weight excluding hydrogens is 272 g/mol. The highest BCUT2D eigenvalue weighted by Crippen LogP contribution is 2.43. The number of ether oxygens (including phenoxy) is 2. The molecule has 1 rings (SSSR count). The molecule has 0 aliphatic rings. The van der Waals surface area contributed by atoms with Gasteiger partial charge in [0.25, 0.3) is 0 Å². The average molecular weight is 289 g/mol. The maximum atomic E-state index is 9.36. The Morgan fingerprint density at radius 1 is 1.25 bits per heavy atom. The molecule has 0 saturated heterocycles. The van der Waals surface area contributed by atoms with E-state index in [1.807, 2.05) is 6.07 Å². The van der Waals surface area contributed by atoms with E-state index in [1.54, 1.807) is 14.2 Å². The third-order valence-electron chi connectivity index (χ3n) is 2.47. The summed E-state index contributed by atoms with van der Waals surface area (Å²) in [6.45, 7) is 4.11. The maximum Gasteiger partial charge on any atom is 0.175 e. The molecule has 0 aromatic heterocycles. The Kier molecular flexibility index (Phi) is 4.62. The molecule has 0 fully saturated rings. The molecule has 0 aliphatic carbocycles. The lowest BCUT2D eigenvalue weighted by Crippen LogP contribution is -2.03. The van der Waals surface area contributed by atoms with Crippen LogP contribution in [0, 0.1) is 0 Å². The Morgan fingerprint density at radius 3 is 2.19 bits per heavy atom. The van der Waals surface area contributed by atoms with E-state index in [0.29, 0.717) is 11.5 Å². The van der Waals surface area contributed by atoms with Gasteiger partial charge in [-0.2, -0.15) is 0 Å². The molecule has 0 aliphatic heterocycles. The average Bonchev–Trinajstić information content (AvgIpc) is 2.26. The largest absolute Gasteiger partial charge is 0.493 e. The summed E-state index contributed by atoms with van der Waals surface area (Å²) in [7, 11) is 3.21. The van der Waals surface area contributed by atoms with Gasteiger partial charge in [0, 0.05) is 5.56 Å². The van der Waals surface area contributed by atoms with Crippen molar-refractivity contribution in [3.05, 3.63) is 21.7 Å². The Labute approximate surface area is 105 Å². The predicted molar refractivity (Wildman–Crippen MR) is 67.3 cm³/mol. The standard InChI is InChI=1S/C12H17BrO3/c1-7(2)10-8(6-14)5-9(13)11(15-3)12(10)16-4/h5,7,14H,6H2,1-4H3. The molecule has 16 heavy (non-hydrogen) atoms. The van der Waals surface area contributed by atoms with Gasteiger partial charge in [-0.1, -0.05) is 13.8 Å². The van der Waals surface area contributed by atoms with Gasteiger partial charge in [0.2, 0.25) is 0 Å². The third-order valence-corrected chi connectivity index (χ3v) is 3.06. The van der Waals surface area contributed by atoms with Crippen LogP contribution in [0.3, 0.4) is 0 Å². The van der Waals surface area contributed by atoms with Crippen LogP contribution in [0.1, 0.15) is 30.9 Å². The zero-order valence-corrected chi connectivity index (χ0v) is 11.6. The zero-order chi connectivity index (χ0) is 12.3. The molecular formula is C12H17BrO3. The summed E-state index contributed by atoms with van der Waals surface area (Å²) in [5.41, 5.74) is 1.85. The second-order valence-electron chi connectivity index (χ2n) is 3.81. The molecule has 1 aromatic carbocycles. The molecule has 0 radical (unpaired) electrons. The van der Waals surface area contributed by atoms with Crippen molar-refractivity contribution in [3.63, 3.8) is 0 Å². The quantitative estimate of drug-likeness (QED) is 0.925. The highest BCUT2D eigenvalue weighted by molar-refractivity contribution is 9.10. The lowest BCUT2D eigenvalue weighted by Gasteiger charge is -2.19. The number of benzene rings is 1. The summed E-state index contributed by atoms with van der Waals surface area (Å²) < 4.78 is 11.5. The van der Waals surface area contributed by atoms with Crippen molar-refractivity contribution >= 4 is 15.9 Å². The van der Waals surface area contributed by atoms with Gasteiger partial charge in [-0.05, 0) is 33.5 Å². The van der Waals surface area contributed by atoms with Crippen molar-refractivity contribution < 1.29 is 14.6 Å². The van der Waals surface area contributed by atoms with Crippen molar-refractivity contribution in [2.24, 2.45) is 0 Å². The first-order valence-electron chi connectivity index (χ1n) is 5.10. The SMILES string of the molecule is COc1c(Br)cc(CO)c(C(C)C)c1OC. The molecule has 0 spiro atoms. The van der Waals surface area contributed by atoms with Gasteiger partial charge in [0.15, 0.2) is 11.5 Å². The molecule has 1 N–H and O–H groups in total. The van der Waals surface area contributed by atoms with Crippen molar-refractivity contribution in [2.45, 2.75) is 26.4 Å². The Hall–Kier alpha value is -0.740. The Morgan fingerprint density at radius 2 is 1.81 bits per heavy atom. The van der Waals surface area contributed by atoms with Crippen LogP contribution in [0.15, 0.2) is 10.5 Å². The molecule has 1 aromatic rings. The van der Waals surface area contributed by atoms with E-state index in [1.165, 1.54) is 0 Å². The van der Waals surface area contributed by atoms with Crippen molar-refractivity contribution in [1.82, 2.24) is 0 Å². The highest BCUT2D eigenvalue weighted by Gasteiger charge is 2.20. The summed E-state index contributed by atoms with van der Waals surface area (Å²) in [4.78, 5) is 0. The monoisotopic (exact) mass is 288 g/mol. The lowest BCUT2D eigenvalue weighted by molar-refractivity contribution is 0.277. The fourth-order valence-electron chi connectivity index (χ4n) is 1.83. The smallest absolute Gasteiger partial charge is 0.175 e. The van der Waals surface area contributed by atoms with Gasteiger partial charge in [-0.15, -0.1) is 0 Å². The number of aliphatic hydroxyl groups is 1. The predicted octanol–water partition coefficient (Wildman–Crippen LogP) is 3.08. The highest BCUT2D eigenvalue weighted by atomic mass is 79.9. The topological polar surface area (TPSA) is 38.7 Å². The van der Waals surface area contributed by atoms with Gasteiger partial charge in [-0.25, -0.2) is 0 Å². The lowest BCUT2D eigenvalue weighted by atomic mass is 9.96. The number of methoxy groups -OCH3 is 2. The summed E-state index contributed by atoms with van der Waals surface area (Å²) in [5, 5.41) is 9.36. The summed E-state index contributed by atoms with van der Waals surface area (Å²) in [5.74, 6) is 1.62. The van der Waals surface area contributed by atoms with E-state index in [4.69, 9.17) is 9.47 Å². The van der Waals surface area contributed by atoms with Gasteiger partial charge < -0.3 is 14.6 Å². The first-order chi connectivity index (χ1) is 7.56. The van der Waals surface area contributed by atoms with Crippen LogP contribution < -0.4 is 9.47 Å². The minimum Gasteiger partial charge on any atom is -0.493 e. The minimum atomic E-state index is -0.00747. The maximum absolute atomic E-state index is 9.36. The van der Waals surface area contributed by atoms with E-state index < -0.39 is 0 Å². The molecule has 0 unspecified atom stereocenters. The van der Waals surface area contributed by atoms with Gasteiger partial charge in [0.05, 0.1) is 25.3 Å². The van der Waals surface area contributed by atoms with Crippen molar-refractivity contribution in [1.29, 1.82) is 0 Å². The summed E-state index contributed by atoms with van der Waals surface area (Å²) in [6, 6.07) is 1.87.